The number of aliphatic imine (C=N–C) groups is 2. The van der Waals surface area contributed by atoms with Crippen LogP contribution in [-0.4, -0.2) is 89.7 Å². The van der Waals surface area contributed by atoms with Crippen molar-refractivity contribution in [3.8, 4) is 0 Å². The van der Waals surface area contributed by atoms with E-state index >= 15 is 0 Å². The highest BCUT2D eigenvalue weighted by Crippen LogP contribution is 2.02. The summed E-state index contributed by atoms with van der Waals surface area (Å²) in [5.41, 5.74) is 26.7. The minimum Gasteiger partial charge on any atom is -0.480 e. The maximum atomic E-state index is 12.6. The highest BCUT2D eigenvalue weighted by molar-refractivity contribution is 5.93. The van der Waals surface area contributed by atoms with E-state index in [1.54, 1.807) is 0 Å². The van der Waals surface area contributed by atoms with Gasteiger partial charge in [0, 0.05) is 13.1 Å². The average molecular weight is 489 g/mol. The number of nitrogens with two attached hydrogens (primary N) is 5. The van der Waals surface area contributed by atoms with Crippen LogP contribution in [0.25, 0.3) is 0 Å². The van der Waals surface area contributed by atoms with Gasteiger partial charge in [-0.25, -0.2) is 4.79 Å². The van der Waals surface area contributed by atoms with E-state index in [1.807, 2.05) is 0 Å². The molecule has 16 heteroatoms. The van der Waals surface area contributed by atoms with Crippen molar-refractivity contribution >= 4 is 35.6 Å². The number of aliphatic hydroxyl groups excluding tert-OH is 1. The first kappa shape index (κ1) is 30.3. The van der Waals surface area contributed by atoms with Gasteiger partial charge in [0.05, 0.1) is 12.6 Å². The number of hydrogen-bond acceptors (Lipinski definition) is 8. The molecule has 0 fully saturated rings. The Bertz CT molecular complexity index is 752. The lowest BCUT2D eigenvalue weighted by Crippen LogP contribution is -2.56. The first-order chi connectivity index (χ1) is 15.9. The van der Waals surface area contributed by atoms with E-state index < -0.39 is 54.5 Å². The van der Waals surface area contributed by atoms with E-state index in [2.05, 4.69) is 25.9 Å². The predicted molar refractivity (Wildman–Crippen MR) is 124 cm³/mol. The first-order valence-corrected chi connectivity index (χ1v) is 10.5. The molecule has 0 aromatic heterocycles. The largest absolute Gasteiger partial charge is 0.480 e. The second kappa shape index (κ2) is 16.0. The smallest absolute Gasteiger partial charge is 0.328 e. The van der Waals surface area contributed by atoms with Gasteiger partial charge >= 0.3 is 5.97 Å². The van der Waals surface area contributed by atoms with Crippen LogP contribution >= 0.6 is 0 Å². The van der Waals surface area contributed by atoms with Gasteiger partial charge in [0.2, 0.25) is 17.7 Å². The summed E-state index contributed by atoms with van der Waals surface area (Å²) in [5, 5.41) is 25.2. The SMILES string of the molecule is CC(NC(=O)C(N)CCCN=C(N)N)C(=O)NC(CCCN=C(N)N)C(=O)NC(CO)C(=O)O. The van der Waals surface area contributed by atoms with E-state index in [0.29, 0.717) is 13.0 Å². The molecule has 0 saturated carbocycles. The van der Waals surface area contributed by atoms with E-state index in [1.165, 1.54) is 6.92 Å². The Morgan fingerprint density at radius 2 is 1.29 bits per heavy atom. The number of rotatable bonds is 16. The van der Waals surface area contributed by atoms with Crippen LogP contribution < -0.4 is 44.6 Å². The summed E-state index contributed by atoms with van der Waals surface area (Å²) in [6, 6.07) is -4.71. The molecule has 0 aromatic carbocycles. The molecular formula is C18H36N10O6. The fraction of sp³-hybridized carbons (Fsp3) is 0.667. The molecule has 0 aliphatic heterocycles. The Kier molecular flexibility index (Phi) is 14.3. The number of carbonyl (C=O) groups excluding carboxylic acids is 3. The molecule has 0 rings (SSSR count). The lowest BCUT2D eigenvalue weighted by Gasteiger charge is -2.23. The summed E-state index contributed by atoms with van der Waals surface area (Å²) in [4.78, 5) is 55.9. The van der Waals surface area contributed by atoms with Gasteiger partial charge in [-0.05, 0) is 32.6 Å². The van der Waals surface area contributed by atoms with Crippen molar-refractivity contribution < 1.29 is 29.4 Å². The molecule has 0 radical (unpaired) electrons. The molecular weight excluding hydrogens is 452 g/mol. The molecule has 0 aliphatic carbocycles. The van der Waals surface area contributed by atoms with Gasteiger partial charge in [-0.1, -0.05) is 0 Å². The summed E-state index contributed by atoms with van der Waals surface area (Å²) in [6.07, 6.45) is 1.04. The van der Waals surface area contributed by atoms with E-state index in [4.69, 9.17) is 38.9 Å². The number of hydrogen-bond donors (Lipinski definition) is 10. The van der Waals surface area contributed by atoms with E-state index in [9.17, 15) is 19.2 Å². The highest BCUT2D eigenvalue weighted by Gasteiger charge is 2.28. The molecule has 4 unspecified atom stereocenters. The molecule has 4 atom stereocenters. The fourth-order valence-electron chi connectivity index (χ4n) is 2.56. The van der Waals surface area contributed by atoms with Gasteiger partial charge in [-0.15, -0.1) is 0 Å². The van der Waals surface area contributed by atoms with Gasteiger partial charge < -0.3 is 54.8 Å². The number of carboxylic acids is 1. The first-order valence-electron chi connectivity index (χ1n) is 10.5. The standard InChI is InChI=1S/C18H36N10O6/c1-9(26-14(31)10(19)4-2-6-24-17(20)21)13(30)27-11(5-3-7-25-18(22)23)15(32)28-12(8-29)16(33)34/h9-12,29H,2-8,19H2,1H3,(H,26,31)(H,27,30)(H,28,32)(H,33,34)(H4,20,21,24)(H4,22,23,25). The van der Waals surface area contributed by atoms with Gasteiger partial charge in [0.1, 0.15) is 18.1 Å². The predicted octanol–water partition coefficient (Wildman–Crippen LogP) is -5.03. The third-order valence-electron chi connectivity index (χ3n) is 4.43. The van der Waals surface area contributed by atoms with Crippen molar-refractivity contribution in [2.45, 2.75) is 56.8 Å². The van der Waals surface area contributed by atoms with Crippen molar-refractivity contribution in [3.63, 3.8) is 0 Å². The Balaban J connectivity index is 5.01. The average Bonchev–Trinajstić information content (AvgIpc) is 2.75. The van der Waals surface area contributed by atoms with Crippen molar-refractivity contribution in [3.05, 3.63) is 0 Å². The highest BCUT2D eigenvalue weighted by atomic mass is 16.4. The normalized spacial score (nSPS) is 14.0. The Labute approximate surface area is 196 Å². The van der Waals surface area contributed by atoms with Gasteiger partial charge in [-0.2, -0.15) is 0 Å². The van der Waals surface area contributed by atoms with Crippen LogP contribution in [0.1, 0.15) is 32.6 Å². The summed E-state index contributed by atoms with van der Waals surface area (Å²) >= 11 is 0. The topological polar surface area (TPSA) is 300 Å². The molecule has 0 saturated heterocycles. The molecule has 0 aromatic rings. The fourth-order valence-corrected chi connectivity index (χ4v) is 2.56. The minimum absolute atomic E-state index is 0.0527. The molecule has 0 spiro atoms. The van der Waals surface area contributed by atoms with Gasteiger partial charge in [0.15, 0.2) is 11.9 Å². The number of nitrogens with zero attached hydrogens (tertiary/aromatic N) is 2. The lowest BCUT2D eigenvalue weighted by atomic mass is 10.1. The molecule has 0 aliphatic rings. The quantitative estimate of drug-likeness (QED) is 0.0556. The van der Waals surface area contributed by atoms with Crippen molar-refractivity contribution in [2.75, 3.05) is 19.7 Å². The van der Waals surface area contributed by atoms with Crippen LogP contribution in [-0.2, 0) is 19.2 Å². The molecule has 34 heavy (non-hydrogen) atoms. The summed E-state index contributed by atoms with van der Waals surface area (Å²) < 4.78 is 0. The van der Waals surface area contributed by atoms with Crippen LogP contribution in [0.5, 0.6) is 0 Å². The number of aliphatic carboxylic acids is 1. The number of amides is 3. The van der Waals surface area contributed by atoms with Crippen LogP contribution in [0, 0.1) is 0 Å². The summed E-state index contributed by atoms with van der Waals surface area (Å²) in [7, 11) is 0. The molecule has 15 N–H and O–H groups in total. The maximum absolute atomic E-state index is 12.6. The summed E-state index contributed by atoms with van der Waals surface area (Å²) in [5.74, 6) is -3.81. The minimum atomic E-state index is -1.56. The number of guanidine groups is 2. The monoisotopic (exact) mass is 488 g/mol. The Morgan fingerprint density at radius 3 is 1.76 bits per heavy atom. The Hall–Kier alpha value is -3.66. The molecule has 3 amide bonds. The molecule has 0 bridgehead atoms. The Morgan fingerprint density at radius 1 is 0.794 bits per heavy atom. The summed E-state index contributed by atoms with van der Waals surface area (Å²) in [6.45, 7) is 0.997. The van der Waals surface area contributed by atoms with E-state index in [0.717, 1.165) is 0 Å². The molecule has 194 valence electrons. The second-order valence-electron chi connectivity index (χ2n) is 7.38. The van der Waals surface area contributed by atoms with Crippen LogP contribution in [0.4, 0.5) is 0 Å². The van der Waals surface area contributed by atoms with Gasteiger partial charge in [0.25, 0.3) is 0 Å². The van der Waals surface area contributed by atoms with Gasteiger partial charge in [-0.3, -0.25) is 24.4 Å². The third kappa shape index (κ3) is 13.0. The lowest BCUT2D eigenvalue weighted by molar-refractivity contribution is -0.143. The molecule has 0 heterocycles. The third-order valence-corrected chi connectivity index (χ3v) is 4.43. The van der Waals surface area contributed by atoms with Crippen molar-refractivity contribution in [1.29, 1.82) is 0 Å². The maximum Gasteiger partial charge on any atom is 0.328 e. The van der Waals surface area contributed by atoms with Crippen LogP contribution in [0.3, 0.4) is 0 Å². The molecule has 16 nitrogen and oxygen atoms in total. The zero-order valence-electron chi connectivity index (χ0n) is 19.1. The number of carboxylic acid groups (broad SMARTS) is 1. The zero-order chi connectivity index (χ0) is 26.3. The van der Waals surface area contributed by atoms with Crippen LogP contribution in [0.15, 0.2) is 9.98 Å². The number of aliphatic hydroxyl groups is 1. The number of carbonyl (C=O) groups is 4. The van der Waals surface area contributed by atoms with Crippen LogP contribution in [0.2, 0.25) is 0 Å². The zero-order valence-corrected chi connectivity index (χ0v) is 19.1. The van der Waals surface area contributed by atoms with Crippen molar-refractivity contribution in [2.24, 2.45) is 38.7 Å². The van der Waals surface area contributed by atoms with Crippen molar-refractivity contribution in [1.82, 2.24) is 16.0 Å². The second-order valence-corrected chi connectivity index (χ2v) is 7.38. The van der Waals surface area contributed by atoms with E-state index in [-0.39, 0.29) is 37.7 Å². The number of nitrogens with one attached hydrogen (secondary N) is 3.